The molecular formula is C18H19NO4. The number of carbonyl (C=O) groups excluding carboxylic acids is 2. The van der Waals surface area contributed by atoms with Gasteiger partial charge in [-0.3, -0.25) is 9.59 Å². The molecule has 2 fully saturated rings. The number of nitrogens with zero attached hydrogens (tertiary/aromatic N) is 1. The van der Waals surface area contributed by atoms with Crippen molar-refractivity contribution in [2.75, 3.05) is 18.1 Å². The van der Waals surface area contributed by atoms with Crippen LogP contribution in [0.3, 0.4) is 0 Å². The summed E-state index contributed by atoms with van der Waals surface area (Å²) < 4.78 is 11.2. The summed E-state index contributed by atoms with van der Waals surface area (Å²) in [5.41, 5.74) is 1.22. The van der Waals surface area contributed by atoms with Gasteiger partial charge in [0.05, 0.1) is 25.2 Å². The Kier molecular flexibility index (Phi) is 3.10. The van der Waals surface area contributed by atoms with Gasteiger partial charge in [-0.05, 0) is 25.5 Å². The van der Waals surface area contributed by atoms with E-state index in [2.05, 4.69) is 0 Å². The third-order valence-electron chi connectivity index (χ3n) is 5.07. The van der Waals surface area contributed by atoms with Gasteiger partial charge in [-0.25, -0.2) is 0 Å². The molecule has 4 atom stereocenters. The Morgan fingerprint density at radius 2 is 2.22 bits per heavy atom. The average molecular weight is 313 g/mol. The standard InChI is InChI=1S/C18H19NO4/c1-3-22-17(21)14-13-8-9-18(23-13)10-19(16(20)15(14)18)12-7-5-4-6-11(12)2/h4-9,13-15H,3,10H2,1-2H3/t13-,14+,15-,18-/m1/s1. The summed E-state index contributed by atoms with van der Waals surface area (Å²) in [4.78, 5) is 27.1. The number of hydrogen-bond donors (Lipinski definition) is 0. The quantitative estimate of drug-likeness (QED) is 0.631. The lowest BCUT2D eigenvalue weighted by Crippen LogP contribution is -2.40. The van der Waals surface area contributed by atoms with Crippen molar-refractivity contribution in [1.29, 1.82) is 0 Å². The van der Waals surface area contributed by atoms with E-state index < -0.39 is 17.4 Å². The number of anilines is 1. The molecule has 3 aliphatic rings. The lowest BCUT2D eigenvalue weighted by molar-refractivity contribution is -0.151. The van der Waals surface area contributed by atoms with Crippen molar-refractivity contribution in [3.63, 3.8) is 0 Å². The predicted molar refractivity (Wildman–Crippen MR) is 83.9 cm³/mol. The zero-order chi connectivity index (χ0) is 16.2. The van der Waals surface area contributed by atoms with Gasteiger partial charge in [0.1, 0.15) is 11.5 Å². The number of amides is 1. The van der Waals surface area contributed by atoms with Gasteiger partial charge in [0.15, 0.2) is 0 Å². The molecule has 0 saturated carbocycles. The van der Waals surface area contributed by atoms with Gasteiger partial charge in [-0.15, -0.1) is 0 Å². The number of esters is 1. The smallest absolute Gasteiger partial charge is 0.312 e. The fourth-order valence-corrected chi connectivity index (χ4v) is 4.08. The maximum Gasteiger partial charge on any atom is 0.312 e. The van der Waals surface area contributed by atoms with Crippen molar-refractivity contribution < 1.29 is 19.1 Å². The Bertz CT molecular complexity index is 713. The molecule has 4 rings (SSSR count). The lowest BCUT2D eigenvalue weighted by atomic mass is 9.77. The van der Waals surface area contributed by atoms with Crippen LogP contribution in [0.25, 0.3) is 0 Å². The van der Waals surface area contributed by atoms with Gasteiger partial charge < -0.3 is 14.4 Å². The molecule has 1 spiro atoms. The van der Waals surface area contributed by atoms with Gasteiger partial charge in [-0.1, -0.05) is 30.4 Å². The van der Waals surface area contributed by atoms with Crippen LogP contribution < -0.4 is 4.90 Å². The summed E-state index contributed by atoms with van der Waals surface area (Å²) in [7, 11) is 0. The molecule has 0 aromatic heterocycles. The summed E-state index contributed by atoms with van der Waals surface area (Å²) in [5.74, 6) is -1.42. The minimum atomic E-state index is -0.693. The van der Waals surface area contributed by atoms with Crippen LogP contribution in [-0.4, -0.2) is 36.7 Å². The number of ether oxygens (including phenoxy) is 2. The monoisotopic (exact) mass is 313 g/mol. The fraction of sp³-hybridized carbons (Fsp3) is 0.444. The molecule has 1 aromatic carbocycles. The molecule has 120 valence electrons. The first kappa shape index (κ1) is 14.5. The third kappa shape index (κ3) is 1.89. The molecule has 23 heavy (non-hydrogen) atoms. The third-order valence-corrected chi connectivity index (χ3v) is 5.07. The first-order valence-corrected chi connectivity index (χ1v) is 7.98. The van der Waals surface area contributed by atoms with Crippen LogP contribution in [-0.2, 0) is 19.1 Å². The Morgan fingerprint density at radius 1 is 1.43 bits per heavy atom. The summed E-state index contributed by atoms with van der Waals surface area (Å²) in [6.45, 7) is 4.50. The van der Waals surface area contributed by atoms with Gasteiger partial charge in [0.25, 0.3) is 0 Å². The van der Waals surface area contributed by atoms with Crippen molar-refractivity contribution >= 4 is 17.6 Å². The van der Waals surface area contributed by atoms with Crippen LogP contribution in [0.5, 0.6) is 0 Å². The Balaban J connectivity index is 1.71. The minimum Gasteiger partial charge on any atom is -0.466 e. The van der Waals surface area contributed by atoms with E-state index in [0.717, 1.165) is 11.3 Å². The molecule has 3 heterocycles. The molecule has 3 aliphatic heterocycles. The second-order valence-electron chi connectivity index (χ2n) is 6.36. The first-order valence-electron chi connectivity index (χ1n) is 7.98. The summed E-state index contributed by atoms with van der Waals surface area (Å²) in [6.07, 6.45) is 3.50. The van der Waals surface area contributed by atoms with E-state index in [1.54, 1.807) is 11.8 Å². The Morgan fingerprint density at radius 3 is 2.96 bits per heavy atom. The first-order chi connectivity index (χ1) is 11.1. The number of benzene rings is 1. The molecule has 0 radical (unpaired) electrons. The van der Waals surface area contributed by atoms with E-state index in [4.69, 9.17) is 9.47 Å². The number of carbonyl (C=O) groups is 2. The number of fused-ring (bicyclic) bond motifs is 1. The summed E-state index contributed by atoms with van der Waals surface area (Å²) >= 11 is 0. The molecule has 2 bridgehead atoms. The predicted octanol–water partition coefficient (Wildman–Crippen LogP) is 1.84. The molecule has 1 amide bonds. The van der Waals surface area contributed by atoms with Crippen LogP contribution in [0.1, 0.15) is 12.5 Å². The van der Waals surface area contributed by atoms with Gasteiger partial charge in [-0.2, -0.15) is 0 Å². The Hall–Kier alpha value is -2.14. The van der Waals surface area contributed by atoms with E-state index in [-0.39, 0.29) is 18.0 Å². The molecular weight excluding hydrogens is 294 g/mol. The van der Waals surface area contributed by atoms with E-state index in [0.29, 0.717) is 13.2 Å². The normalized spacial score (nSPS) is 34.1. The van der Waals surface area contributed by atoms with Crippen molar-refractivity contribution in [2.24, 2.45) is 11.8 Å². The SMILES string of the molecule is CCOC(=O)[C@H]1[C@H]2C=C[C@]3(CN(c4ccccc4C)C(=O)[C@@H]13)O2. The summed E-state index contributed by atoms with van der Waals surface area (Å²) in [5, 5.41) is 0. The average Bonchev–Trinajstić information content (AvgIpc) is 3.16. The topological polar surface area (TPSA) is 55.8 Å². The van der Waals surface area contributed by atoms with Gasteiger partial charge in [0, 0.05) is 5.69 Å². The second-order valence-corrected chi connectivity index (χ2v) is 6.36. The van der Waals surface area contributed by atoms with E-state index >= 15 is 0 Å². The van der Waals surface area contributed by atoms with Crippen molar-refractivity contribution in [3.8, 4) is 0 Å². The van der Waals surface area contributed by atoms with E-state index in [9.17, 15) is 9.59 Å². The number of rotatable bonds is 3. The minimum absolute atomic E-state index is 0.0517. The zero-order valence-electron chi connectivity index (χ0n) is 13.2. The van der Waals surface area contributed by atoms with Gasteiger partial charge >= 0.3 is 5.97 Å². The van der Waals surface area contributed by atoms with Crippen molar-refractivity contribution in [2.45, 2.75) is 25.6 Å². The van der Waals surface area contributed by atoms with Crippen LogP contribution in [0.2, 0.25) is 0 Å². The highest BCUT2D eigenvalue weighted by Gasteiger charge is 2.67. The molecule has 2 saturated heterocycles. The highest BCUT2D eigenvalue weighted by Crippen LogP contribution is 2.53. The molecule has 0 aliphatic carbocycles. The molecule has 1 aromatic rings. The zero-order valence-corrected chi connectivity index (χ0v) is 13.2. The van der Waals surface area contributed by atoms with Crippen molar-refractivity contribution in [3.05, 3.63) is 42.0 Å². The van der Waals surface area contributed by atoms with Gasteiger partial charge in [0.2, 0.25) is 5.91 Å². The second kappa shape index (κ2) is 4.93. The highest BCUT2D eigenvalue weighted by molar-refractivity contribution is 6.03. The maximum atomic E-state index is 13.0. The fourth-order valence-electron chi connectivity index (χ4n) is 4.08. The van der Waals surface area contributed by atoms with Crippen LogP contribution in [0, 0.1) is 18.8 Å². The lowest BCUT2D eigenvalue weighted by Gasteiger charge is -2.22. The maximum absolute atomic E-state index is 13.0. The van der Waals surface area contributed by atoms with E-state index in [1.807, 2.05) is 43.3 Å². The molecule has 5 heteroatoms. The largest absolute Gasteiger partial charge is 0.466 e. The van der Waals surface area contributed by atoms with Crippen LogP contribution >= 0.6 is 0 Å². The van der Waals surface area contributed by atoms with Crippen LogP contribution in [0.15, 0.2) is 36.4 Å². The highest BCUT2D eigenvalue weighted by atomic mass is 16.6. The van der Waals surface area contributed by atoms with Crippen LogP contribution in [0.4, 0.5) is 5.69 Å². The van der Waals surface area contributed by atoms with Crippen molar-refractivity contribution in [1.82, 2.24) is 0 Å². The number of para-hydroxylation sites is 1. The van der Waals surface area contributed by atoms with E-state index in [1.165, 1.54) is 0 Å². The number of hydrogen-bond acceptors (Lipinski definition) is 4. The molecule has 5 nitrogen and oxygen atoms in total. The number of aryl methyl sites for hydroxylation is 1. The Labute approximate surface area is 134 Å². The molecule has 0 unspecified atom stereocenters. The summed E-state index contributed by atoms with van der Waals surface area (Å²) in [6, 6.07) is 7.77. The molecule has 0 N–H and O–H groups in total.